The third-order valence-corrected chi connectivity index (χ3v) is 3.53. The Labute approximate surface area is 142 Å². The Morgan fingerprint density at radius 2 is 1.83 bits per heavy atom. The average Bonchev–Trinajstić information content (AvgIpc) is 2.78. The second-order valence-electron chi connectivity index (χ2n) is 6.56. The Balaban J connectivity index is 2.06. The summed E-state index contributed by atoms with van der Waals surface area (Å²) >= 11 is 0. The highest BCUT2D eigenvalue weighted by Gasteiger charge is 2.25. The zero-order chi connectivity index (χ0) is 17.7. The Kier molecular flexibility index (Phi) is 5.69. The number of hydrogen-bond acceptors (Lipinski definition) is 7. The lowest BCUT2D eigenvalue weighted by atomic mass is 10.2. The van der Waals surface area contributed by atoms with Crippen LogP contribution < -0.4 is 14.4 Å². The fraction of sp³-hybridized carbons (Fsp3) is 0.688. The molecule has 24 heavy (non-hydrogen) atoms. The number of hydrogen-bond donors (Lipinski definition) is 0. The van der Waals surface area contributed by atoms with Crippen LogP contribution in [0.3, 0.4) is 0 Å². The monoisotopic (exact) mass is 338 g/mol. The molecule has 8 nitrogen and oxygen atoms in total. The molecule has 0 aliphatic carbocycles. The fourth-order valence-electron chi connectivity index (χ4n) is 2.41. The van der Waals surface area contributed by atoms with Gasteiger partial charge in [-0.15, -0.1) is 0 Å². The number of nitrogens with zero attached hydrogens (tertiary/aromatic N) is 4. The van der Waals surface area contributed by atoms with E-state index >= 15 is 0 Å². The van der Waals surface area contributed by atoms with Gasteiger partial charge in [0, 0.05) is 32.2 Å². The van der Waals surface area contributed by atoms with Crippen LogP contribution in [0.2, 0.25) is 0 Å². The third-order valence-electron chi connectivity index (χ3n) is 3.53. The van der Waals surface area contributed by atoms with Gasteiger partial charge in [-0.05, 0) is 27.2 Å². The number of rotatable bonds is 3. The zero-order valence-electron chi connectivity index (χ0n) is 15.0. The number of carbonyl (C=O) groups is 1. The molecule has 0 aromatic carbocycles. The normalized spacial score (nSPS) is 15.7. The van der Waals surface area contributed by atoms with Gasteiger partial charge >= 0.3 is 12.1 Å². The highest BCUT2D eigenvalue weighted by Crippen LogP contribution is 2.22. The summed E-state index contributed by atoms with van der Waals surface area (Å²) in [5.74, 6) is 1.18. The van der Waals surface area contributed by atoms with Crippen LogP contribution in [0, 0.1) is 0 Å². The Morgan fingerprint density at radius 3 is 2.46 bits per heavy atom. The number of amides is 1. The molecule has 1 aromatic rings. The van der Waals surface area contributed by atoms with E-state index in [0.717, 1.165) is 18.8 Å². The maximum Gasteiger partial charge on any atom is 0.410 e. The van der Waals surface area contributed by atoms with Crippen molar-refractivity contribution in [3.8, 4) is 11.9 Å². The molecule has 0 spiro atoms. The fourth-order valence-corrected chi connectivity index (χ4v) is 2.41. The van der Waals surface area contributed by atoms with Gasteiger partial charge in [-0.25, -0.2) is 4.79 Å². The maximum atomic E-state index is 12.2. The number of methoxy groups -OCH3 is 2. The second-order valence-corrected chi connectivity index (χ2v) is 6.56. The summed E-state index contributed by atoms with van der Waals surface area (Å²) in [7, 11) is 3.07. The van der Waals surface area contributed by atoms with Crippen LogP contribution in [-0.4, -0.2) is 67.0 Å². The minimum atomic E-state index is -0.490. The van der Waals surface area contributed by atoms with Crippen molar-refractivity contribution in [3.05, 3.63) is 6.07 Å². The molecule has 1 aromatic heterocycles. The van der Waals surface area contributed by atoms with Crippen molar-refractivity contribution < 1.29 is 19.0 Å². The zero-order valence-corrected chi connectivity index (χ0v) is 15.0. The van der Waals surface area contributed by atoms with Crippen molar-refractivity contribution in [2.24, 2.45) is 0 Å². The van der Waals surface area contributed by atoms with Gasteiger partial charge < -0.3 is 24.0 Å². The van der Waals surface area contributed by atoms with Gasteiger partial charge in [0.25, 0.3) is 0 Å². The second kappa shape index (κ2) is 7.55. The van der Waals surface area contributed by atoms with Gasteiger partial charge in [0.05, 0.1) is 14.2 Å². The van der Waals surface area contributed by atoms with Gasteiger partial charge in [-0.1, -0.05) is 0 Å². The minimum Gasteiger partial charge on any atom is -0.481 e. The molecule has 134 valence electrons. The predicted octanol–water partition coefficient (Wildman–Crippen LogP) is 1.94. The topological polar surface area (TPSA) is 77.0 Å². The van der Waals surface area contributed by atoms with Crippen LogP contribution in [0.1, 0.15) is 27.2 Å². The highest BCUT2D eigenvalue weighted by molar-refractivity contribution is 5.68. The standard InChI is InChI=1S/C16H26N4O4/c1-16(2,3)24-15(21)20-8-6-7-19(9-10-20)12-11-13(22-4)18-14(17-12)23-5/h11H,6-10H2,1-5H3. The molecule has 1 fully saturated rings. The first kappa shape index (κ1) is 18.1. The van der Waals surface area contributed by atoms with Crippen LogP contribution in [0.4, 0.5) is 10.6 Å². The van der Waals surface area contributed by atoms with E-state index in [-0.39, 0.29) is 12.1 Å². The van der Waals surface area contributed by atoms with Crippen molar-refractivity contribution in [2.75, 3.05) is 45.3 Å². The molecule has 1 saturated heterocycles. The molecule has 1 aliphatic heterocycles. The quantitative estimate of drug-likeness (QED) is 0.833. The first-order chi connectivity index (χ1) is 11.3. The third kappa shape index (κ3) is 4.87. The number of aromatic nitrogens is 2. The highest BCUT2D eigenvalue weighted by atomic mass is 16.6. The van der Waals surface area contributed by atoms with Gasteiger partial charge in [0.1, 0.15) is 11.4 Å². The molecule has 2 rings (SSSR count). The molecule has 0 bridgehead atoms. The smallest absolute Gasteiger partial charge is 0.410 e. The van der Waals surface area contributed by atoms with Crippen LogP contribution in [0.5, 0.6) is 11.9 Å². The first-order valence-electron chi connectivity index (χ1n) is 8.02. The van der Waals surface area contributed by atoms with E-state index in [0.29, 0.717) is 25.5 Å². The maximum absolute atomic E-state index is 12.2. The van der Waals surface area contributed by atoms with Gasteiger partial charge in [-0.2, -0.15) is 9.97 Å². The molecule has 0 unspecified atom stereocenters. The molecule has 0 atom stereocenters. The van der Waals surface area contributed by atoms with Gasteiger partial charge in [-0.3, -0.25) is 0 Å². The van der Waals surface area contributed by atoms with Gasteiger partial charge in [0.15, 0.2) is 0 Å². The van der Waals surface area contributed by atoms with Crippen LogP contribution >= 0.6 is 0 Å². The largest absolute Gasteiger partial charge is 0.481 e. The first-order valence-corrected chi connectivity index (χ1v) is 8.02. The lowest BCUT2D eigenvalue weighted by molar-refractivity contribution is 0.0263. The van der Waals surface area contributed by atoms with Crippen molar-refractivity contribution in [1.82, 2.24) is 14.9 Å². The van der Waals surface area contributed by atoms with Gasteiger partial charge in [0.2, 0.25) is 5.88 Å². The number of carbonyl (C=O) groups excluding carboxylic acids is 1. The van der Waals surface area contributed by atoms with Crippen molar-refractivity contribution in [2.45, 2.75) is 32.8 Å². The van der Waals surface area contributed by atoms with Crippen molar-refractivity contribution in [1.29, 1.82) is 0 Å². The van der Waals surface area contributed by atoms with E-state index in [1.165, 1.54) is 7.11 Å². The van der Waals surface area contributed by atoms with E-state index < -0.39 is 5.60 Å². The average molecular weight is 338 g/mol. The summed E-state index contributed by atoms with van der Waals surface area (Å²) in [6.07, 6.45) is 0.552. The van der Waals surface area contributed by atoms with E-state index in [4.69, 9.17) is 14.2 Å². The minimum absolute atomic E-state index is 0.262. The Hall–Kier alpha value is -2.25. The molecule has 1 aliphatic rings. The summed E-state index contributed by atoms with van der Waals surface area (Å²) in [5, 5.41) is 0. The molecular weight excluding hydrogens is 312 g/mol. The molecule has 1 amide bonds. The molecule has 0 saturated carbocycles. The molecule has 2 heterocycles. The molecule has 0 N–H and O–H groups in total. The van der Waals surface area contributed by atoms with E-state index in [2.05, 4.69) is 14.9 Å². The number of anilines is 1. The predicted molar refractivity (Wildman–Crippen MR) is 89.8 cm³/mol. The van der Waals surface area contributed by atoms with Crippen LogP contribution in [0.25, 0.3) is 0 Å². The summed E-state index contributed by atoms with van der Waals surface area (Å²) in [4.78, 5) is 24.5. The summed E-state index contributed by atoms with van der Waals surface area (Å²) in [6.45, 7) is 8.27. The Bertz CT molecular complexity index is 551. The number of ether oxygens (including phenoxy) is 3. The lowest BCUT2D eigenvalue weighted by Gasteiger charge is -2.26. The van der Waals surface area contributed by atoms with E-state index in [1.54, 1.807) is 18.1 Å². The molecular formula is C16H26N4O4. The lowest BCUT2D eigenvalue weighted by Crippen LogP contribution is -2.39. The van der Waals surface area contributed by atoms with E-state index in [9.17, 15) is 4.79 Å². The SMILES string of the molecule is COc1cc(N2CCCN(C(=O)OC(C)(C)C)CC2)nc(OC)n1. The van der Waals surface area contributed by atoms with E-state index in [1.807, 2.05) is 20.8 Å². The van der Waals surface area contributed by atoms with Crippen LogP contribution in [0.15, 0.2) is 6.07 Å². The summed E-state index contributed by atoms with van der Waals surface area (Å²) in [5.41, 5.74) is -0.490. The summed E-state index contributed by atoms with van der Waals surface area (Å²) < 4.78 is 15.8. The summed E-state index contributed by atoms with van der Waals surface area (Å²) in [6, 6.07) is 2.03. The van der Waals surface area contributed by atoms with Crippen molar-refractivity contribution in [3.63, 3.8) is 0 Å². The van der Waals surface area contributed by atoms with Crippen molar-refractivity contribution >= 4 is 11.9 Å². The molecule has 0 radical (unpaired) electrons. The molecule has 8 heteroatoms. The van der Waals surface area contributed by atoms with Crippen LogP contribution in [-0.2, 0) is 4.74 Å². The Morgan fingerprint density at radius 1 is 1.08 bits per heavy atom.